The van der Waals surface area contributed by atoms with Crippen molar-refractivity contribution in [3.8, 4) is 5.69 Å². The molecule has 0 bridgehead atoms. The largest absolute Gasteiger partial charge is 0.318 e. The highest BCUT2D eigenvalue weighted by Crippen LogP contribution is 2.20. The molecule has 2 aromatic heterocycles. The Kier molecular flexibility index (Phi) is 4.39. The van der Waals surface area contributed by atoms with Gasteiger partial charge in [0.1, 0.15) is 0 Å². The van der Waals surface area contributed by atoms with E-state index in [1.54, 1.807) is 6.20 Å². The lowest BCUT2D eigenvalue weighted by atomic mass is 10.2. The zero-order valence-electron chi connectivity index (χ0n) is 10.8. The van der Waals surface area contributed by atoms with E-state index in [9.17, 15) is 0 Å². The Morgan fingerprint density at radius 2 is 2.11 bits per heavy atom. The van der Waals surface area contributed by atoms with Crippen LogP contribution in [0.4, 0.5) is 0 Å². The molecule has 0 unspecified atom stereocenters. The minimum absolute atomic E-state index is 0.544. The second kappa shape index (κ2) is 6.03. The van der Waals surface area contributed by atoms with Gasteiger partial charge in [0.25, 0.3) is 0 Å². The Balaban J connectivity index is 2.15. The Morgan fingerprint density at radius 3 is 2.83 bits per heavy atom. The number of aryl methyl sites for hydroxylation is 1. The number of nitrogens with zero attached hydrogens (tertiary/aromatic N) is 3. The predicted octanol–water partition coefficient (Wildman–Crippen LogP) is 3.02. The summed E-state index contributed by atoms with van der Waals surface area (Å²) >= 11 is 6.13. The lowest BCUT2D eigenvalue weighted by molar-refractivity contribution is 0.399. The predicted molar refractivity (Wildman–Crippen MR) is 75.4 cm³/mol. The zero-order valence-corrected chi connectivity index (χ0v) is 11.6. The van der Waals surface area contributed by atoms with E-state index < -0.39 is 0 Å². The van der Waals surface area contributed by atoms with Crippen molar-refractivity contribution in [2.45, 2.75) is 12.8 Å². The molecule has 0 spiro atoms. The summed E-state index contributed by atoms with van der Waals surface area (Å²) in [5.74, 6) is 0. The maximum Gasteiger partial charge on any atom is 0.152 e. The fourth-order valence-electron chi connectivity index (χ4n) is 1.99. The topological polar surface area (TPSA) is 21.1 Å². The van der Waals surface area contributed by atoms with Gasteiger partial charge in [-0.3, -0.25) is 0 Å². The van der Waals surface area contributed by atoms with Crippen LogP contribution in [-0.2, 0) is 6.42 Å². The second-order valence-electron chi connectivity index (χ2n) is 4.59. The molecule has 0 aliphatic heterocycles. The standard InChI is InChI=1S/C14H18ClN3/c1-17(2)10-4-6-12-7-5-11-18(12)13-8-3-9-16-14(13)15/h3,5,7-9,11H,4,6,10H2,1-2H3. The molecule has 0 radical (unpaired) electrons. The fourth-order valence-corrected chi connectivity index (χ4v) is 2.20. The molecular weight excluding hydrogens is 246 g/mol. The molecule has 2 aromatic rings. The van der Waals surface area contributed by atoms with E-state index in [1.807, 2.05) is 24.4 Å². The number of rotatable bonds is 5. The van der Waals surface area contributed by atoms with Gasteiger partial charge in [-0.1, -0.05) is 11.6 Å². The summed E-state index contributed by atoms with van der Waals surface area (Å²) < 4.78 is 2.12. The van der Waals surface area contributed by atoms with Crippen molar-refractivity contribution in [2.75, 3.05) is 20.6 Å². The van der Waals surface area contributed by atoms with Crippen LogP contribution in [-0.4, -0.2) is 35.1 Å². The average molecular weight is 264 g/mol. The van der Waals surface area contributed by atoms with E-state index in [4.69, 9.17) is 11.6 Å². The van der Waals surface area contributed by atoms with Crippen molar-refractivity contribution < 1.29 is 0 Å². The Morgan fingerprint density at radius 1 is 1.28 bits per heavy atom. The van der Waals surface area contributed by atoms with Crippen molar-refractivity contribution in [3.05, 3.63) is 47.5 Å². The van der Waals surface area contributed by atoms with Gasteiger partial charge in [0.2, 0.25) is 0 Å². The van der Waals surface area contributed by atoms with Crippen molar-refractivity contribution in [3.63, 3.8) is 0 Å². The van der Waals surface area contributed by atoms with Crippen LogP contribution in [0.3, 0.4) is 0 Å². The summed E-state index contributed by atoms with van der Waals surface area (Å²) in [5, 5.41) is 0.544. The summed E-state index contributed by atoms with van der Waals surface area (Å²) in [7, 11) is 4.19. The summed E-state index contributed by atoms with van der Waals surface area (Å²) in [5.41, 5.74) is 2.22. The van der Waals surface area contributed by atoms with Gasteiger partial charge < -0.3 is 9.47 Å². The molecule has 3 nitrogen and oxygen atoms in total. The molecule has 2 heterocycles. The molecule has 0 aliphatic carbocycles. The van der Waals surface area contributed by atoms with E-state index in [2.05, 4.69) is 34.6 Å². The first kappa shape index (κ1) is 13.1. The molecule has 96 valence electrons. The highest BCUT2D eigenvalue weighted by molar-refractivity contribution is 6.31. The molecule has 0 aromatic carbocycles. The van der Waals surface area contributed by atoms with Gasteiger partial charge in [0, 0.05) is 18.1 Å². The maximum atomic E-state index is 6.13. The smallest absolute Gasteiger partial charge is 0.152 e. The summed E-state index contributed by atoms with van der Waals surface area (Å²) in [6, 6.07) is 8.09. The summed E-state index contributed by atoms with van der Waals surface area (Å²) in [4.78, 5) is 6.32. The highest BCUT2D eigenvalue weighted by Gasteiger charge is 2.07. The van der Waals surface area contributed by atoms with Gasteiger partial charge in [-0.15, -0.1) is 0 Å². The van der Waals surface area contributed by atoms with E-state index >= 15 is 0 Å². The number of pyridine rings is 1. The van der Waals surface area contributed by atoms with Crippen molar-refractivity contribution in [1.29, 1.82) is 0 Å². The van der Waals surface area contributed by atoms with E-state index in [0.29, 0.717) is 5.15 Å². The first-order chi connectivity index (χ1) is 8.68. The molecule has 0 atom stereocenters. The summed E-state index contributed by atoms with van der Waals surface area (Å²) in [6.07, 6.45) is 5.92. The zero-order chi connectivity index (χ0) is 13.0. The molecule has 0 saturated carbocycles. The Bertz CT molecular complexity index is 505. The SMILES string of the molecule is CN(C)CCCc1cccn1-c1cccnc1Cl. The van der Waals surface area contributed by atoms with Gasteiger partial charge in [-0.05, 0) is 57.7 Å². The average Bonchev–Trinajstić information content (AvgIpc) is 2.77. The number of aromatic nitrogens is 2. The lowest BCUT2D eigenvalue weighted by Gasteiger charge is -2.12. The molecular formula is C14H18ClN3. The van der Waals surface area contributed by atoms with Gasteiger partial charge in [-0.2, -0.15) is 0 Å². The third-order valence-corrected chi connectivity index (χ3v) is 3.16. The van der Waals surface area contributed by atoms with Gasteiger partial charge in [-0.25, -0.2) is 4.98 Å². The number of hydrogen-bond donors (Lipinski definition) is 0. The van der Waals surface area contributed by atoms with Crippen LogP contribution in [0.5, 0.6) is 0 Å². The van der Waals surface area contributed by atoms with Crippen LogP contribution in [0.2, 0.25) is 5.15 Å². The Labute approximate surface area is 113 Å². The number of halogens is 1. The molecule has 18 heavy (non-hydrogen) atoms. The van der Waals surface area contributed by atoms with Crippen LogP contribution in [0.1, 0.15) is 12.1 Å². The Hall–Kier alpha value is -1.32. The van der Waals surface area contributed by atoms with Gasteiger partial charge >= 0.3 is 0 Å². The molecule has 0 N–H and O–H groups in total. The van der Waals surface area contributed by atoms with Crippen molar-refractivity contribution in [2.24, 2.45) is 0 Å². The second-order valence-corrected chi connectivity index (χ2v) is 4.95. The first-order valence-electron chi connectivity index (χ1n) is 6.10. The van der Waals surface area contributed by atoms with Crippen molar-refractivity contribution in [1.82, 2.24) is 14.5 Å². The molecule has 4 heteroatoms. The van der Waals surface area contributed by atoms with E-state index in [1.165, 1.54) is 5.69 Å². The van der Waals surface area contributed by atoms with Gasteiger partial charge in [0.05, 0.1) is 5.69 Å². The monoisotopic (exact) mass is 263 g/mol. The van der Waals surface area contributed by atoms with Crippen LogP contribution in [0.15, 0.2) is 36.7 Å². The van der Waals surface area contributed by atoms with Crippen LogP contribution in [0, 0.1) is 0 Å². The first-order valence-corrected chi connectivity index (χ1v) is 6.48. The molecule has 2 rings (SSSR count). The fraction of sp³-hybridized carbons (Fsp3) is 0.357. The van der Waals surface area contributed by atoms with E-state index in [-0.39, 0.29) is 0 Å². The maximum absolute atomic E-state index is 6.13. The molecule has 0 aliphatic rings. The third kappa shape index (κ3) is 3.12. The minimum Gasteiger partial charge on any atom is -0.318 e. The van der Waals surface area contributed by atoms with E-state index in [0.717, 1.165) is 25.1 Å². The minimum atomic E-state index is 0.544. The lowest BCUT2D eigenvalue weighted by Crippen LogP contribution is -2.14. The molecule has 0 fully saturated rings. The summed E-state index contributed by atoms with van der Waals surface area (Å²) in [6.45, 7) is 1.09. The quantitative estimate of drug-likeness (QED) is 0.774. The molecule has 0 amide bonds. The highest BCUT2D eigenvalue weighted by atomic mass is 35.5. The van der Waals surface area contributed by atoms with Crippen molar-refractivity contribution >= 4 is 11.6 Å². The molecule has 0 saturated heterocycles. The normalized spacial score (nSPS) is 11.1. The number of hydrogen-bond acceptors (Lipinski definition) is 2. The third-order valence-electron chi connectivity index (χ3n) is 2.87. The van der Waals surface area contributed by atoms with Crippen LogP contribution >= 0.6 is 11.6 Å². The van der Waals surface area contributed by atoms with Crippen LogP contribution < -0.4 is 0 Å². The van der Waals surface area contributed by atoms with Gasteiger partial charge in [0.15, 0.2) is 5.15 Å². The van der Waals surface area contributed by atoms with Crippen LogP contribution in [0.25, 0.3) is 5.69 Å².